The van der Waals surface area contributed by atoms with Crippen LogP contribution in [0.5, 0.6) is 0 Å². The van der Waals surface area contributed by atoms with Crippen molar-refractivity contribution >= 4 is 0 Å². The number of allylic oxidation sites excluding steroid dienone is 4. The second-order valence-electron chi connectivity index (χ2n) is 12.9. The summed E-state index contributed by atoms with van der Waals surface area (Å²) >= 11 is 0. The van der Waals surface area contributed by atoms with Crippen molar-refractivity contribution in [3.05, 3.63) is 24.3 Å². The molecule has 0 amide bonds. The fourth-order valence-electron chi connectivity index (χ4n) is 6.46. The largest absolute Gasteiger partial charge is 0.344 e. The molecule has 1 aliphatic heterocycles. The molecule has 39 heavy (non-hydrogen) atoms. The van der Waals surface area contributed by atoms with Crippen LogP contribution in [0.3, 0.4) is 0 Å². The standard InChI is InChI=1S/C36H67NO2/c1-5-7-9-11-13-15-16-17-18-19-20-21-22-24-26-28-30-36(29-27-25-23-14-12-10-8-6-2)38-34-31-33(37(3)4)32-35(34)39-36/h13,15,17-18,33-35H,5-12,14,16,19-32H2,1-4H3/b15-13-,18-17-/t33-,34-,35+,36?. The van der Waals surface area contributed by atoms with Crippen LogP contribution in [0, 0.1) is 0 Å². The molecule has 1 saturated carbocycles. The molecule has 0 spiro atoms. The van der Waals surface area contributed by atoms with Crippen LogP contribution in [0.15, 0.2) is 24.3 Å². The minimum atomic E-state index is -0.288. The van der Waals surface area contributed by atoms with Gasteiger partial charge in [-0.25, -0.2) is 0 Å². The molecule has 2 fully saturated rings. The Kier molecular flexibility index (Phi) is 19.5. The van der Waals surface area contributed by atoms with Gasteiger partial charge in [0.2, 0.25) is 0 Å². The molecule has 3 heteroatoms. The van der Waals surface area contributed by atoms with Crippen LogP contribution in [0.4, 0.5) is 0 Å². The first-order valence-electron chi connectivity index (χ1n) is 17.4. The molecule has 1 heterocycles. The Morgan fingerprint density at radius 2 is 0.974 bits per heavy atom. The van der Waals surface area contributed by atoms with Crippen LogP contribution in [-0.2, 0) is 9.47 Å². The van der Waals surface area contributed by atoms with Gasteiger partial charge < -0.3 is 14.4 Å². The molecule has 1 unspecified atom stereocenters. The molecule has 0 radical (unpaired) electrons. The molecular formula is C36H67NO2. The molecule has 4 atom stereocenters. The maximum Gasteiger partial charge on any atom is 0.169 e. The van der Waals surface area contributed by atoms with E-state index in [0.717, 1.165) is 32.1 Å². The fourth-order valence-corrected chi connectivity index (χ4v) is 6.46. The summed E-state index contributed by atoms with van der Waals surface area (Å²) in [5.41, 5.74) is 0. The van der Waals surface area contributed by atoms with Gasteiger partial charge in [0.25, 0.3) is 0 Å². The van der Waals surface area contributed by atoms with Crippen LogP contribution >= 0.6 is 0 Å². The van der Waals surface area contributed by atoms with Gasteiger partial charge in [0, 0.05) is 18.9 Å². The van der Waals surface area contributed by atoms with Crippen LogP contribution in [0.25, 0.3) is 0 Å². The van der Waals surface area contributed by atoms with Crippen molar-refractivity contribution in [2.24, 2.45) is 0 Å². The van der Waals surface area contributed by atoms with E-state index < -0.39 is 0 Å². The average molecular weight is 546 g/mol. The van der Waals surface area contributed by atoms with E-state index in [1.54, 1.807) is 0 Å². The zero-order valence-electron chi connectivity index (χ0n) is 26.8. The lowest BCUT2D eigenvalue weighted by Crippen LogP contribution is -2.34. The third kappa shape index (κ3) is 15.2. The van der Waals surface area contributed by atoms with Crippen molar-refractivity contribution in [1.29, 1.82) is 0 Å². The first-order chi connectivity index (χ1) is 19.1. The van der Waals surface area contributed by atoms with Crippen LogP contribution in [-0.4, -0.2) is 43.0 Å². The van der Waals surface area contributed by atoms with E-state index in [4.69, 9.17) is 9.47 Å². The van der Waals surface area contributed by atoms with Gasteiger partial charge in [0.15, 0.2) is 5.79 Å². The first kappa shape index (κ1) is 34.6. The van der Waals surface area contributed by atoms with E-state index in [0.29, 0.717) is 18.2 Å². The molecule has 2 aliphatic rings. The van der Waals surface area contributed by atoms with E-state index >= 15 is 0 Å². The van der Waals surface area contributed by atoms with Crippen molar-refractivity contribution in [1.82, 2.24) is 4.90 Å². The maximum atomic E-state index is 6.78. The zero-order valence-corrected chi connectivity index (χ0v) is 26.8. The van der Waals surface area contributed by atoms with E-state index in [2.05, 4.69) is 57.1 Å². The van der Waals surface area contributed by atoms with Gasteiger partial charge in [0.05, 0.1) is 12.2 Å². The normalized spacial score (nSPS) is 25.1. The number of rotatable bonds is 25. The Morgan fingerprint density at radius 1 is 0.564 bits per heavy atom. The zero-order chi connectivity index (χ0) is 28.0. The van der Waals surface area contributed by atoms with Crippen LogP contribution < -0.4 is 0 Å². The molecular weight excluding hydrogens is 478 g/mol. The predicted octanol–water partition coefficient (Wildman–Crippen LogP) is 10.9. The number of fused-ring (bicyclic) bond motifs is 1. The molecule has 1 saturated heterocycles. The summed E-state index contributed by atoms with van der Waals surface area (Å²) in [5.74, 6) is -0.288. The van der Waals surface area contributed by atoms with Crippen molar-refractivity contribution in [3.8, 4) is 0 Å². The van der Waals surface area contributed by atoms with Crippen LogP contribution in [0.1, 0.15) is 168 Å². The third-order valence-corrected chi connectivity index (χ3v) is 9.06. The highest BCUT2D eigenvalue weighted by Crippen LogP contribution is 2.44. The molecule has 2 rings (SSSR count). The minimum absolute atomic E-state index is 0.288. The predicted molar refractivity (Wildman–Crippen MR) is 170 cm³/mol. The first-order valence-corrected chi connectivity index (χ1v) is 17.4. The van der Waals surface area contributed by atoms with E-state index in [1.807, 2.05) is 0 Å². The van der Waals surface area contributed by atoms with Crippen molar-refractivity contribution in [2.45, 2.75) is 192 Å². The summed E-state index contributed by atoms with van der Waals surface area (Å²) < 4.78 is 13.6. The van der Waals surface area contributed by atoms with E-state index in [1.165, 1.54) is 122 Å². The molecule has 3 nitrogen and oxygen atoms in total. The summed E-state index contributed by atoms with van der Waals surface area (Å²) in [5, 5.41) is 0. The number of hydrogen-bond donors (Lipinski definition) is 0. The van der Waals surface area contributed by atoms with Crippen molar-refractivity contribution in [3.63, 3.8) is 0 Å². The Balaban J connectivity index is 1.57. The van der Waals surface area contributed by atoms with Gasteiger partial charge in [-0.05, 0) is 71.9 Å². The number of nitrogens with zero attached hydrogens (tertiary/aromatic N) is 1. The monoisotopic (exact) mass is 546 g/mol. The number of ether oxygens (including phenoxy) is 2. The molecule has 0 aromatic heterocycles. The Labute approximate surface area is 244 Å². The van der Waals surface area contributed by atoms with Crippen molar-refractivity contribution in [2.75, 3.05) is 14.1 Å². The van der Waals surface area contributed by atoms with Gasteiger partial charge in [-0.15, -0.1) is 0 Å². The third-order valence-electron chi connectivity index (χ3n) is 9.06. The van der Waals surface area contributed by atoms with Gasteiger partial charge in [-0.2, -0.15) is 0 Å². The SMILES string of the molecule is CCCCC/C=C\C/C=C\CCCCCCCCC1(CCCCCCCCCC)O[C@H]2C[C@H](N(C)C)C[C@H]2O1. The Morgan fingerprint density at radius 3 is 1.46 bits per heavy atom. The van der Waals surface area contributed by atoms with E-state index in [9.17, 15) is 0 Å². The summed E-state index contributed by atoms with van der Waals surface area (Å²) in [6.45, 7) is 4.57. The highest BCUT2D eigenvalue weighted by molar-refractivity contribution is 4.96. The number of unbranched alkanes of at least 4 members (excludes halogenated alkanes) is 16. The minimum Gasteiger partial charge on any atom is -0.344 e. The van der Waals surface area contributed by atoms with Gasteiger partial charge in [-0.1, -0.05) is 122 Å². The molecule has 0 aromatic rings. The maximum absolute atomic E-state index is 6.78. The lowest BCUT2D eigenvalue weighted by Gasteiger charge is -2.31. The number of hydrogen-bond acceptors (Lipinski definition) is 3. The summed E-state index contributed by atoms with van der Waals surface area (Å²) in [6, 6.07) is 0.614. The Hall–Kier alpha value is -0.640. The lowest BCUT2D eigenvalue weighted by atomic mass is 9.98. The Bertz CT molecular complexity index is 614. The molecule has 0 N–H and O–H groups in total. The highest BCUT2D eigenvalue weighted by atomic mass is 16.8. The quantitative estimate of drug-likeness (QED) is 0.0841. The summed E-state index contributed by atoms with van der Waals surface area (Å²) in [6.07, 6.45) is 41.1. The highest BCUT2D eigenvalue weighted by Gasteiger charge is 2.51. The summed E-state index contributed by atoms with van der Waals surface area (Å²) in [7, 11) is 4.40. The lowest BCUT2D eigenvalue weighted by molar-refractivity contribution is -0.193. The second-order valence-corrected chi connectivity index (χ2v) is 12.9. The molecule has 228 valence electrons. The van der Waals surface area contributed by atoms with Gasteiger partial charge in [0.1, 0.15) is 0 Å². The van der Waals surface area contributed by atoms with Gasteiger partial charge >= 0.3 is 0 Å². The average Bonchev–Trinajstić information content (AvgIpc) is 3.47. The van der Waals surface area contributed by atoms with E-state index in [-0.39, 0.29) is 5.79 Å². The molecule has 1 aliphatic carbocycles. The second kappa shape index (κ2) is 22.0. The molecule has 0 aromatic carbocycles. The summed E-state index contributed by atoms with van der Waals surface area (Å²) in [4.78, 5) is 2.35. The fraction of sp³-hybridized carbons (Fsp3) is 0.889. The van der Waals surface area contributed by atoms with Crippen LogP contribution in [0.2, 0.25) is 0 Å². The van der Waals surface area contributed by atoms with Crippen molar-refractivity contribution < 1.29 is 9.47 Å². The molecule has 0 bridgehead atoms. The smallest absolute Gasteiger partial charge is 0.169 e. The van der Waals surface area contributed by atoms with Gasteiger partial charge in [-0.3, -0.25) is 0 Å². The topological polar surface area (TPSA) is 21.7 Å².